The van der Waals surface area contributed by atoms with Crippen molar-refractivity contribution in [2.75, 3.05) is 19.0 Å². The molecule has 3 aromatic rings. The van der Waals surface area contributed by atoms with Crippen molar-refractivity contribution in [2.45, 2.75) is 19.9 Å². The lowest BCUT2D eigenvalue weighted by Crippen LogP contribution is -2.34. The number of aromatic nitrogens is 1. The summed E-state index contributed by atoms with van der Waals surface area (Å²) in [6, 6.07) is 18.3. The van der Waals surface area contributed by atoms with Crippen molar-refractivity contribution in [2.24, 2.45) is 0 Å². The molecule has 7 nitrogen and oxygen atoms in total. The first-order chi connectivity index (χ1) is 15.0. The van der Waals surface area contributed by atoms with Gasteiger partial charge in [0.2, 0.25) is 0 Å². The molecule has 2 amide bonds. The lowest BCUT2D eigenvalue weighted by atomic mass is 10.1. The molecular formula is C24H25N3O4. The summed E-state index contributed by atoms with van der Waals surface area (Å²) in [7, 11) is 1.47. The van der Waals surface area contributed by atoms with Gasteiger partial charge in [-0.1, -0.05) is 30.3 Å². The number of hydrogen-bond donors (Lipinski definition) is 2. The van der Waals surface area contributed by atoms with E-state index >= 15 is 0 Å². The third-order valence-electron chi connectivity index (χ3n) is 4.35. The van der Waals surface area contributed by atoms with E-state index in [1.165, 1.54) is 7.11 Å². The van der Waals surface area contributed by atoms with Crippen molar-refractivity contribution in [1.29, 1.82) is 0 Å². The average Bonchev–Trinajstić information content (AvgIpc) is 2.78. The van der Waals surface area contributed by atoms with Gasteiger partial charge >= 0.3 is 0 Å². The number of nitrogens with one attached hydrogen (secondary N) is 2. The van der Waals surface area contributed by atoms with Crippen LogP contribution in [-0.2, 0) is 4.79 Å². The number of nitrogens with zero attached hydrogens (tertiary/aromatic N) is 1. The Kier molecular flexibility index (Phi) is 7.22. The van der Waals surface area contributed by atoms with Crippen LogP contribution in [0, 0.1) is 0 Å². The fourth-order valence-corrected chi connectivity index (χ4v) is 2.89. The van der Waals surface area contributed by atoms with Gasteiger partial charge in [0.05, 0.1) is 7.11 Å². The second-order valence-electron chi connectivity index (χ2n) is 7.13. The van der Waals surface area contributed by atoms with Crippen molar-refractivity contribution in [3.05, 3.63) is 72.4 Å². The van der Waals surface area contributed by atoms with Crippen LogP contribution in [0.15, 0.2) is 66.9 Å². The second kappa shape index (κ2) is 10.2. The summed E-state index contributed by atoms with van der Waals surface area (Å²) in [5, 5.41) is 5.51. The van der Waals surface area contributed by atoms with Crippen LogP contribution in [0.1, 0.15) is 24.2 Å². The molecule has 0 bridgehead atoms. The summed E-state index contributed by atoms with van der Waals surface area (Å²) < 4.78 is 10.8. The van der Waals surface area contributed by atoms with Gasteiger partial charge in [-0.2, -0.15) is 0 Å². The van der Waals surface area contributed by atoms with Gasteiger partial charge in [-0.25, -0.2) is 4.98 Å². The van der Waals surface area contributed by atoms with E-state index in [9.17, 15) is 9.59 Å². The standard InChI is InChI=1S/C24H25N3O4/c1-16(2)26-23(28)15-31-20-11-9-18(13-21(20)30-3)24(29)27-22-12-10-19(14-25-22)17-7-5-4-6-8-17/h4-14,16H,15H2,1-3H3,(H,26,28)(H,25,27,29). The summed E-state index contributed by atoms with van der Waals surface area (Å²) in [5.41, 5.74) is 2.39. The Morgan fingerprint density at radius 2 is 1.74 bits per heavy atom. The average molecular weight is 419 g/mol. The monoisotopic (exact) mass is 419 g/mol. The molecule has 0 fully saturated rings. The molecule has 1 heterocycles. The maximum atomic E-state index is 12.6. The predicted molar refractivity (Wildman–Crippen MR) is 119 cm³/mol. The summed E-state index contributed by atoms with van der Waals surface area (Å²) in [6.07, 6.45) is 1.71. The Morgan fingerprint density at radius 1 is 0.968 bits per heavy atom. The number of ether oxygens (including phenoxy) is 2. The summed E-state index contributed by atoms with van der Waals surface area (Å²) in [4.78, 5) is 28.7. The number of anilines is 1. The molecule has 160 valence electrons. The van der Waals surface area contributed by atoms with Crippen molar-refractivity contribution in [3.63, 3.8) is 0 Å². The van der Waals surface area contributed by atoms with E-state index in [0.717, 1.165) is 11.1 Å². The van der Waals surface area contributed by atoms with E-state index in [1.54, 1.807) is 30.5 Å². The molecule has 3 rings (SSSR count). The zero-order valence-corrected chi connectivity index (χ0v) is 17.7. The number of carbonyl (C=O) groups is 2. The van der Waals surface area contributed by atoms with Crippen LogP contribution in [0.4, 0.5) is 5.82 Å². The van der Waals surface area contributed by atoms with Gasteiger partial charge in [0.15, 0.2) is 18.1 Å². The van der Waals surface area contributed by atoms with Crippen LogP contribution in [0.25, 0.3) is 11.1 Å². The lowest BCUT2D eigenvalue weighted by molar-refractivity contribution is -0.123. The molecule has 0 radical (unpaired) electrons. The molecule has 2 aromatic carbocycles. The van der Waals surface area contributed by atoms with E-state index in [2.05, 4.69) is 15.6 Å². The minimum Gasteiger partial charge on any atom is -0.493 e. The Balaban J connectivity index is 1.65. The van der Waals surface area contributed by atoms with Crippen LogP contribution < -0.4 is 20.1 Å². The highest BCUT2D eigenvalue weighted by Crippen LogP contribution is 2.28. The minimum absolute atomic E-state index is 0.0273. The van der Waals surface area contributed by atoms with Crippen LogP contribution >= 0.6 is 0 Å². The molecule has 0 saturated carbocycles. The lowest BCUT2D eigenvalue weighted by Gasteiger charge is -2.13. The molecule has 0 spiro atoms. The van der Waals surface area contributed by atoms with E-state index in [0.29, 0.717) is 22.9 Å². The second-order valence-corrected chi connectivity index (χ2v) is 7.13. The van der Waals surface area contributed by atoms with Gasteiger partial charge in [0, 0.05) is 23.4 Å². The van der Waals surface area contributed by atoms with E-state index in [-0.39, 0.29) is 24.5 Å². The maximum Gasteiger partial charge on any atom is 0.258 e. The maximum absolute atomic E-state index is 12.6. The smallest absolute Gasteiger partial charge is 0.258 e. The number of carbonyl (C=O) groups excluding carboxylic acids is 2. The number of methoxy groups -OCH3 is 1. The van der Waals surface area contributed by atoms with Crippen molar-refractivity contribution in [3.8, 4) is 22.6 Å². The van der Waals surface area contributed by atoms with Crippen molar-refractivity contribution in [1.82, 2.24) is 10.3 Å². The molecule has 0 saturated heterocycles. The molecule has 0 unspecified atom stereocenters. The van der Waals surface area contributed by atoms with Gasteiger partial charge in [0.25, 0.3) is 11.8 Å². The minimum atomic E-state index is -0.331. The topological polar surface area (TPSA) is 89.6 Å². The third kappa shape index (κ3) is 6.05. The van der Waals surface area contributed by atoms with Gasteiger partial charge in [-0.05, 0) is 49.7 Å². The Labute approximate surface area is 181 Å². The number of hydrogen-bond acceptors (Lipinski definition) is 5. The summed E-state index contributed by atoms with van der Waals surface area (Å²) in [5.74, 6) is 0.612. The fourth-order valence-electron chi connectivity index (χ4n) is 2.89. The molecule has 0 aliphatic rings. The Morgan fingerprint density at radius 3 is 2.39 bits per heavy atom. The number of pyridine rings is 1. The quantitative estimate of drug-likeness (QED) is 0.578. The number of benzene rings is 2. The third-order valence-corrected chi connectivity index (χ3v) is 4.35. The summed E-state index contributed by atoms with van der Waals surface area (Å²) >= 11 is 0. The predicted octanol–water partition coefficient (Wildman–Crippen LogP) is 3.91. The highest BCUT2D eigenvalue weighted by atomic mass is 16.5. The highest BCUT2D eigenvalue weighted by molar-refractivity contribution is 6.04. The highest BCUT2D eigenvalue weighted by Gasteiger charge is 2.13. The van der Waals surface area contributed by atoms with E-state index in [4.69, 9.17) is 9.47 Å². The molecule has 0 atom stereocenters. The van der Waals surface area contributed by atoms with Gasteiger partial charge in [-0.3, -0.25) is 9.59 Å². The Hall–Kier alpha value is -3.87. The summed E-state index contributed by atoms with van der Waals surface area (Å²) in [6.45, 7) is 3.60. The largest absolute Gasteiger partial charge is 0.493 e. The zero-order valence-electron chi connectivity index (χ0n) is 17.7. The molecule has 1 aromatic heterocycles. The van der Waals surface area contributed by atoms with Crippen LogP contribution in [-0.4, -0.2) is 36.6 Å². The van der Waals surface area contributed by atoms with Gasteiger partial charge in [-0.15, -0.1) is 0 Å². The van der Waals surface area contributed by atoms with Crippen molar-refractivity contribution >= 4 is 17.6 Å². The molecule has 0 aliphatic heterocycles. The van der Waals surface area contributed by atoms with Crippen LogP contribution in [0.5, 0.6) is 11.5 Å². The SMILES string of the molecule is COc1cc(C(=O)Nc2ccc(-c3ccccc3)cn2)ccc1OCC(=O)NC(C)C. The van der Waals surface area contributed by atoms with Gasteiger partial charge < -0.3 is 20.1 Å². The first kappa shape index (κ1) is 21.8. The number of rotatable bonds is 8. The molecule has 2 N–H and O–H groups in total. The van der Waals surface area contributed by atoms with Crippen molar-refractivity contribution < 1.29 is 19.1 Å². The Bertz CT molecular complexity index is 1030. The van der Waals surface area contributed by atoms with Gasteiger partial charge in [0.1, 0.15) is 5.82 Å². The normalized spacial score (nSPS) is 10.5. The van der Waals surface area contributed by atoms with E-state index < -0.39 is 0 Å². The first-order valence-electron chi connectivity index (χ1n) is 9.89. The molecule has 31 heavy (non-hydrogen) atoms. The number of amides is 2. The fraction of sp³-hybridized carbons (Fsp3) is 0.208. The van der Waals surface area contributed by atoms with E-state index in [1.807, 2.05) is 50.2 Å². The van der Waals surface area contributed by atoms with Crippen LogP contribution in [0.2, 0.25) is 0 Å². The zero-order chi connectivity index (χ0) is 22.2. The molecular weight excluding hydrogens is 394 g/mol. The first-order valence-corrected chi connectivity index (χ1v) is 9.89. The van der Waals surface area contributed by atoms with Crippen LogP contribution in [0.3, 0.4) is 0 Å². The molecule has 7 heteroatoms. The molecule has 0 aliphatic carbocycles.